The average Bonchev–Trinajstić information content (AvgIpc) is 2.85. The largest absolute Gasteiger partial charge is 0.354 e. The standard InChI is InChI=1S/C13H16FN5/c1-2-15-13-16-7-9(14)12(18-13)19-8-17-10-5-3-4-6-11(10)19/h7-8H,2-6H2,1H3,(H,15,16,18). The van der Waals surface area contributed by atoms with Gasteiger partial charge < -0.3 is 5.32 Å². The lowest BCUT2D eigenvalue weighted by Crippen LogP contribution is -2.11. The topological polar surface area (TPSA) is 55.6 Å². The molecule has 19 heavy (non-hydrogen) atoms. The summed E-state index contributed by atoms with van der Waals surface area (Å²) in [6.07, 6.45) is 7.03. The first-order valence-corrected chi connectivity index (χ1v) is 6.61. The SMILES string of the molecule is CCNc1ncc(F)c(-n2cnc3c2CCCC3)n1. The molecule has 0 atom stereocenters. The quantitative estimate of drug-likeness (QED) is 0.919. The Morgan fingerprint density at radius 1 is 1.32 bits per heavy atom. The van der Waals surface area contributed by atoms with Crippen molar-refractivity contribution >= 4 is 5.95 Å². The molecule has 1 aliphatic carbocycles. The molecule has 5 nitrogen and oxygen atoms in total. The van der Waals surface area contributed by atoms with Gasteiger partial charge in [0, 0.05) is 12.2 Å². The summed E-state index contributed by atoms with van der Waals surface area (Å²) in [5.74, 6) is 0.297. The predicted octanol–water partition coefficient (Wildman–Crippen LogP) is 2.11. The summed E-state index contributed by atoms with van der Waals surface area (Å²) in [7, 11) is 0. The molecule has 0 amide bonds. The monoisotopic (exact) mass is 261 g/mol. The first-order chi connectivity index (χ1) is 9.29. The van der Waals surface area contributed by atoms with E-state index >= 15 is 0 Å². The first-order valence-electron chi connectivity index (χ1n) is 6.61. The Kier molecular flexibility index (Phi) is 3.15. The highest BCUT2D eigenvalue weighted by Gasteiger charge is 2.19. The molecule has 0 aliphatic heterocycles. The first kappa shape index (κ1) is 12.1. The van der Waals surface area contributed by atoms with E-state index in [9.17, 15) is 4.39 Å². The lowest BCUT2D eigenvalue weighted by molar-refractivity contribution is 0.593. The van der Waals surface area contributed by atoms with Crippen LogP contribution in [-0.4, -0.2) is 26.1 Å². The lowest BCUT2D eigenvalue weighted by Gasteiger charge is -2.14. The molecule has 0 radical (unpaired) electrons. The zero-order chi connectivity index (χ0) is 13.2. The second-order valence-electron chi connectivity index (χ2n) is 4.61. The van der Waals surface area contributed by atoms with Gasteiger partial charge in [0.15, 0.2) is 11.6 Å². The van der Waals surface area contributed by atoms with Crippen LogP contribution in [0.3, 0.4) is 0 Å². The number of nitrogens with one attached hydrogen (secondary N) is 1. The van der Waals surface area contributed by atoms with Crippen LogP contribution in [0.4, 0.5) is 10.3 Å². The maximum absolute atomic E-state index is 13.9. The van der Waals surface area contributed by atoms with Crippen LogP contribution in [0.1, 0.15) is 31.2 Å². The van der Waals surface area contributed by atoms with E-state index in [4.69, 9.17) is 0 Å². The number of aromatic nitrogens is 4. The zero-order valence-electron chi connectivity index (χ0n) is 10.9. The van der Waals surface area contributed by atoms with Crippen LogP contribution in [0.15, 0.2) is 12.5 Å². The zero-order valence-corrected chi connectivity index (χ0v) is 10.9. The number of imidazole rings is 1. The summed E-state index contributed by atoms with van der Waals surface area (Å²) in [5.41, 5.74) is 2.14. The highest BCUT2D eigenvalue weighted by atomic mass is 19.1. The number of hydrogen-bond donors (Lipinski definition) is 1. The van der Waals surface area contributed by atoms with E-state index in [1.807, 2.05) is 6.92 Å². The van der Waals surface area contributed by atoms with Crippen molar-refractivity contribution in [1.29, 1.82) is 0 Å². The molecule has 2 aromatic heterocycles. The van der Waals surface area contributed by atoms with Crippen molar-refractivity contribution in [2.45, 2.75) is 32.6 Å². The number of aryl methyl sites for hydroxylation is 1. The number of rotatable bonds is 3. The summed E-state index contributed by atoms with van der Waals surface area (Å²) in [6.45, 7) is 2.65. The third-order valence-corrected chi connectivity index (χ3v) is 3.32. The van der Waals surface area contributed by atoms with E-state index in [2.05, 4.69) is 20.3 Å². The highest BCUT2D eigenvalue weighted by Crippen LogP contribution is 2.23. The number of anilines is 1. The van der Waals surface area contributed by atoms with Gasteiger partial charge in [-0.2, -0.15) is 4.98 Å². The number of hydrogen-bond acceptors (Lipinski definition) is 4. The summed E-state index contributed by atoms with van der Waals surface area (Å²) < 4.78 is 15.7. The third-order valence-electron chi connectivity index (χ3n) is 3.32. The molecular formula is C13H16FN5. The van der Waals surface area contributed by atoms with Crippen molar-refractivity contribution in [2.24, 2.45) is 0 Å². The van der Waals surface area contributed by atoms with Gasteiger partial charge in [0.05, 0.1) is 11.9 Å². The number of fused-ring (bicyclic) bond motifs is 1. The van der Waals surface area contributed by atoms with E-state index in [1.165, 1.54) is 6.20 Å². The Morgan fingerprint density at radius 3 is 3.00 bits per heavy atom. The molecule has 100 valence electrons. The number of halogens is 1. The normalized spacial score (nSPS) is 14.2. The van der Waals surface area contributed by atoms with Crippen molar-refractivity contribution < 1.29 is 4.39 Å². The van der Waals surface area contributed by atoms with E-state index in [-0.39, 0.29) is 5.82 Å². The molecule has 0 aromatic carbocycles. The van der Waals surface area contributed by atoms with Crippen molar-refractivity contribution in [3.8, 4) is 5.82 Å². The molecule has 0 fully saturated rings. The minimum absolute atomic E-state index is 0.279. The summed E-state index contributed by atoms with van der Waals surface area (Å²) in [5, 5.41) is 2.99. The second kappa shape index (κ2) is 4.95. The van der Waals surface area contributed by atoms with Crippen LogP contribution < -0.4 is 5.32 Å². The van der Waals surface area contributed by atoms with Gasteiger partial charge in [0.25, 0.3) is 0 Å². The Balaban J connectivity index is 2.06. The van der Waals surface area contributed by atoms with Crippen LogP contribution in [0.5, 0.6) is 0 Å². The fourth-order valence-corrected chi connectivity index (χ4v) is 2.42. The minimum atomic E-state index is -0.424. The Hall–Kier alpha value is -1.98. The predicted molar refractivity (Wildman–Crippen MR) is 69.9 cm³/mol. The fourth-order valence-electron chi connectivity index (χ4n) is 2.42. The van der Waals surface area contributed by atoms with E-state index in [0.29, 0.717) is 12.5 Å². The third kappa shape index (κ3) is 2.18. The molecule has 0 bridgehead atoms. The van der Waals surface area contributed by atoms with Crippen molar-refractivity contribution in [3.63, 3.8) is 0 Å². The van der Waals surface area contributed by atoms with Crippen molar-refractivity contribution in [2.75, 3.05) is 11.9 Å². The lowest BCUT2D eigenvalue weighted by atomic mass is 10.0. The minimum Gasteiger partial charge on any atom is -0.354 e. The molecule has 1 N–H and O–H groups in total. The van der Waals surface area contributed by atoms with Crippen LogP contribution in [-0.2, 0) is 12.8 Å². The van der Waals surface area contributed by atoms with Crippen LogP contribution in [0, 0.1) is 5.82 Å². The van der Waals surface area contributed by atoms with Crippen LogP contribution in [0.25, 0.3) is 5.82 Å². The van der Waals surface area contributed by atoms with Gasteiger partial charge in [-0.1, -0.05) is 0 Å². The molecule has 3 rings (SSSR count). The molecule has 0 unspecified atom stereocenters. The summed E-state index contributed by atoms with van der Waals surface area (Å²) in [4.78, 5) is 12.5. The molecule has 0 spiro atoms. The Labute approximate surface area is 110 Å². The van der Waals surface area contributed by atoms with E-state index < -0.39 is 5.82 Å². The van der Waals surface area contributed by atoms with Crippen LogP contribution in [0.2, 0.25) is 0 Å². The van der Waals surface area contributed by atoms with Crippen molar-refractivity contribution in [1.82, 2.24) is 19.5 Å². The maximum atomic E-state index is 13.9. The van der Waals surface area contributed by atoms with Gasteiger partial charge in [0.2, 0.25) is 5.95 Å². The van der Waals surface area contributed by atoms with Gasteiger partial charge in [-0.15, -0.1) is 0 Å². The number of nitrogens with zero attached hydrogens (tertiary/aromatic N) is 4. The summed E-state index contributed by atoms with van der Waals surface area (Å²) >= 11 is 0. The van der Waals surface area contributed by atoms with E-state index in [1.54, 1.807) is 10.9 Å². The molecule has 0 saturated heterocycles. The molecule has 1 aliphatic rings. The Bertz CT molecular complexity index is 593. The smallest absolute Gasteiger partial charge is 0.224 e. The van der Waals surface area contributed by atoms with Gasteiger partial charge in [-0.25, -0.2) is 14.4 Å². The highest BCUT2D eigenvalue weighted by molar-refractivity contribution is 5.36. The average molecular weight is 261 g/mol. The molecular weight excluding hydrogens is 245 g/mol. The molecule has 2 aromatic rings. The van der Waals surface area contributed by atoms with E-state index in [0.717, 1.165) is 37.1 Å². The molecule has 0 saturated carbocycles. The maximum Gasteiger partial charge on any atom is 0.224 e. The summed E-state index contributed by atoms with van der Waals surface area (Å²) in [6, 6.07) is 0. The van der Waals surface area contributed by atoms with Crippen molar-refractivity contribution in [3.05, 3.63) is 29.7 Å². The second-order valence-corrected chi connectivity index (χ2v) is 4.61. The van der Waals surface area contributed by atoms with Gasteiger partial charge in [-0.05, 0) is 32.6 Å². The molecule has 2 heterocycles. The fraction of sp³-hybridized carbons (Fsp3) is 0.462. The van der Waals surface area contributed by atoms with Gasteiger partial charge >= 0.3 is 0 Å². The molecule has 6 heteroatoms. The van der Waals surface area contributed by atoms with Gasteiger partial charge in [0.1, 0.15) is 6.33 Å². The Morgan fingerprint density at radius 2 is 2.16 bits per heavy atom. The van der Waals surface area contributed by atoms with Gasteiger partial charge in [-0.3, -0.25) is 4.57 Å². The van der Waals surface area contributed by atoms with Crippen LogP contribution >= 0.6 is 0 Å².